The molecule has 0 amide bonds. The molecule has 18 heavy (non-hydrogen) atoms. The van der Waals surface area contributed by atoms with Gasteiger partial charge in [-0.25, -0.2) is 9.97 Å². The third-order valence-electron chi connectivity index (χ3n) is 2.92. The average Bonchev–Trinajstić information content (AvgIpc) is 2.38. The molecule has 2 heterocycles. The fourth-order valence-corrected chi connectivity index (χ4v) is 1.93. The molecule has 1 aromatic rings. The Kier molecular flexibility index (Phi) is 3.75. The van der Waals surface area contributed by atoms with Crippen LogP contribution in [-0.4, -0.2) is 41.8 Å². The third kappa shape index (κ3) is 2.75. The van der Waals surface area contributed by atoms with Gasteiger partial charge in [-0.1, -0.05) is 0 Å². The lowest BCUT2D eigenvalue weighted by Gasteiger charge is -2.34. The zero-order valence-corrected chi connectivity index (χ0v) is 10.6. The van der Waals surface area contributed by atoms with Crippen molar-refractivity contribution in [3.63, 3.8) is 0 Å². The highest BCUT2D eigenvalue weighted by Crippen LogP contribution is 2.15. The first-order valence-corrected chi connectivity index (χ1v) is 5.98. The topological polar surface area (TPSA) is 88.1 Å². The molecule has 6 heteroatoms. The maximum atomic E-state index is 8.92. The Labute approximate surface area is 106 Å². The number of nitriles is 1. The first-order chi connectivity index (χ1) is 8.60. The van der Waals surface area contributed by atoms with E-state index in [9.17, 15) is 0 Å². The highest BCUT2D eigenvalue weighted by atomic mass is 16.5. The van der Waals surface area contributed by atoms with E-state index in [4.69, 9.17) is 15.7 Å². The molecule has 0 radical (unpaired) electrons. The molecule has 0 aromatic carbocycles. The zero-order chi connectivity index (χ0) is 13.1. The molecule has 2 atom stereocenters. The monoisotopic (exact) mass is 247 g/mol. The standard InChI is InChI=1S/C12H17N5O/c1-8-5-10(6-13)16-12(15-8)17-3-4-18-11(7-17)9(2)14/h5,9,11H,3-4,7,14H2,1-2H3. The summed E-state index contributed by atoms with van der Waals surface area (Å²) in [6.07, 6.45) is -0.0200. The maximum Gasteiger partial charge on any atom is 0.226 e. The Bertz CT molecular complexity index is 468. The van der Waals surface area contributed by atoms with Gasteiger partial charge in [0.1, 0.15) is 11.8 Å². The van der Waals surface area contributed by atoms with Gasteiger partial charge < -0.3 is 15.4 Å². The van der Waals surface area contributed by atoms with Crippen molar-refractivity contribution in [3.05, 3.63) is 17.5 Å². The predicted molar refractivity (Wildman–Crippen MR) is 67.1 cm³/mol. The molecule has 1 saturated heterocycles. The van der Waals surface area contributed by atoms with Crippen LogP contribution in [0.25, 0.3) is 0 Å². The Morgan fingerprint density at radius 1 is 1.61 bits per heavy atom. The number of rotatable bonds is 2. The van der Waals surface area contributed by atoms with Crippen LogP contribution in [0.3, 0.4) is 0 Å². The van der Waals surface area contributed by atoms with E-state index in [0.717, 1.165) is 12.2 Å². The van der Waals surface area contributed by atoms with Crippen LogP contribution in [0.4, 0.5) is 5.95 Å². The lowest BCUT2D eigenvalue weighted by atomic mass is 10.1. The lowest BCUT2D eigenvalue weighted by Crippen LogP contribution is -2.50. The van der Waals surface area contributed by atoms with Crippen molar-refractivity contribution in [2.45, 2.75) is 26.0 Å². The second kappa shape index (κ2) is 5.29. The fourth-order valence-electron chi connectivity index (χ4n) is 1.93. The van der Waals surface area contributed by atoms with Gasteiger partial charge in [0.25, 0.3) is 0 Å². The molecule has 1 aliphatic rings. The van der Waals surface area contributed by atoms with Gasteiger partial charge in [-0.05, 0) is 19.9 Å². The molecule has 1 aromatic heterocycles. The van der Waals surface area contributed by atoms with Crippen LogP contribution in [0.5, 0.6) is 0 Å². The van der Waals surface area contributed by atoms with E-state index in [0.29, 0.717) is 24.8 Å². The van der Waals surface area contributed by atoms with E-state index in [1.165, 1.54) is 0 Å². The summed E-state index contributed by atoms with van der Waals surface area (Å²) in [7, 11) is 0. The van der Waals surface area contributed by atoms with Crippen molar-refractivity contribution in [2.24, 2.45) is 5.73 Å². The van der Waals surface area contributed by atoms with E-state index in [2.05, 4.69) is 9.97 Å². The first-order valence-electron chi connectivity index (χ1n) is 5.98. The van der Waals surface area contributed by atoms with E-state index in [-0.39, 0.29) is 12.1 Å². The SMILES string of the molecule is Cc1cc(C#N)nc(N2CCOC(C(C)N)C2)n1. The average molecular weight is 247 g/mol. The van der Waals surface area contributed by atoms with Crippen molar-refractivity contribution < 1.29 is 4.74 Å². The molecule has 1 fully saturated rings. The second-order valence-corrected chi connectivity index (χ2v) is 4.52. The van der Waals surface area contributed by atoms with Gasteiger partial charge in [0.15, 0.2) is 0 Å². The van der Waals surface area contributed by atoms with E-state index in [1.807, 2.05) is 24.8 Å². The molecular formula is C12H17N5O. The van der Waals surface area contributed by atoms with Gasteiger partial charge in [0.05, 0.1) is 12.7 Å². The van der Waals surface area contributed by atoms with E-state index < -0.39 is 0 Å². The van der Waals surface area contributed by atoms with Crippen LogP contribution in [0.1, 0.15) is 18.3 Å². The summed E-state index contributed by atoms with van der Waals surface area (Å²) in [6.45, 7) is 5.76. The van der Waals surface area contributed by atoms with Crippen LogP contribution in [-0.2, 0) is 4.74 Å². The molecule has 2 rings (SSSR count). The van der Waals surface area contributed by atoms with E-state index >= 15 is 0 Å². The molecular weight excluding hydrogens is 230 g/mol. The number of nitrogens with two attached hydrogens (primary N) is 1. The number of hydrogen-bond donors (Lipinski definition) is 1. The molecule has 0 saturated carbocycles. The highest BCUT2D eigenvalue weighted by Gasteiger charge is 2.25. The Balaban J connectivity index is 2.21. The van der Waals surface area contributed by atoms with Gasteiger partial charge in [-0.2, -0.15) is 5.26 Å². The van der Waals surface area contributed by atoms with Crippen molar-refractivity contribution in [3.8, 4) is 6.07 Å². The van der Waals surface area contributed by atoms with Gasteiger partial charge in [-0.15, -0.1) is 0 Å². The van der Waals surface area contributed by atoms with Gasteiger partial charge >= 0.3 is 0 Å². The summed E-state index contributed by atoms with van der Waals surface area (Å²) in [6, 6.07) is 3.69. The number of aryl methyl sites for hydroxylation is 1. The number of aromatic nitrogens is 2. The fraction of sp³-hybridized carbons (Fsp3) is 0.583. The third-order valence-corrected chi connectivity index (χ3v) is 2.92. The minimum absolute atomic E-state index is 0.0200. The predicted octanol–water partition coefficient (Wildman–Crippen LogP) is 0.209. The Morgan fingerprint density at radius 3 is 3.06 bits per heavy atom. The molecule has 0 aliphatic carbocycles. The zero-order valence-electron chi connectivity index (χ0n) is 10.6. The summed E-state index contributed by atoms with van der Waals surface area (Å²) in [4.78, 5) is 10.6. The number of anilines is 1. The molecule has 96 valence electrons. The van der Waals surface area contributed by atoms with Crippen LogP contribution >= 0.6 is 0 Å². The molecule has 0 spiro atoms. The Morgan fingerprint density at radius 2 is 2.39 bits per heavy atom. The summed E-state index contributed by atoms with van der Waals surface area (Å²) < 4.78 is 5.59. The minimum Gasteiger partial charge on any atom is -0.373 e. The first kappa shape index (κ1) is 12.7. The number of nitrogens with zero attached hydrogens (tertiary/aromatic N) is 4. The van der Waals surface area contributed by atoms with Crippen LogP contribution in [0.2, 0.25) is 0 Å². The molecule has 2 N–H and O–H groups in total. The van der Waals surface area contributed by atoms with Crippen LogP contribution in [0, 0.1) is 18.3 Å². The van der Waals surface area contributed by atoms with Crippen molar-refractivity contribution in [2.75, 3.05) is 24.6 Å². The van der Waals surface area contributed by atoms with Gasteiger partial charge in [0.2, 0.25) is 5.95 Å². The lowest BCUT2D eigenvalue weighted by molar-refractivity contribution is 0.0270. The Hall–Kier alpha value is -1.71. The summed E-state index contributed by atoms with van der Waals surface area (Å²) in [5.41, 5.74) is 7.03. The number of morpholine rings is 1. The van der Waals surface area contributed by atoms with Crippen molar-refractivity contribution in [1.29, 1.82) is 5.26 Å². The van der Waals surface area contributed by atoms with Crippen LogP contribution in [0.15, 0.2) is 6.07 Å². The van der Waals surface area contributed by atoms with E-state index in [1.54, 1.807) is 6.07 Å². The largest absolute Gasteiger partial charge is 0.373 e. The smallest absolute Gasteiger partial charge is 0.226 e. The number of hydrogen-bond acceptors (Lipinski definition) is 6. The normalized spacial score (nSPS) is 21.4. The molecule has 6 nitrogen and oxygen atoms in total. The minimum atomic E-state index is -0.0342. The maximum absolute atomic E-state index is 8.92. The van der Waals surface area contributed by atoms with Crippen LogP contribution < -0.4 is 10.6 Å². The van der Waals surface area contributed by atoms with Gasteiger partial charge in [0, 0.05) is 24.8 Å². The summed E-state index contributed by atoms with van der Waals surface area (Å²) in [5, 5.41) is 8.92. The number of ether oxygens (including phenoxy) is 1. The molecule has 0 bridgehead atoms. The van der Waals surface area contributed by atoms with Gasteiger partial charge in [-0.3, -0.25) is 0 Å². The quantitative estimate of drug-likeness (QED) is 0.803. The summed E-state index contributed by atoms with van der Waals surface area (Å²) in [5.74, 6) is 0.584. The molecule has 2 unspecified atom stereocenters. The highest BCUT2D eigenvalue weighted by molar-refractivity contribution is 5.36. The van der Waals surface area contributed by atoms with Crippen molar-refractivity contribution in [1.82, 2.24) is 9.97 Å². The molecule has 1 aliphatic heterocycles. The second-order valence-electron chi connectivity index (χ2n) is 4.52. The van der Waals surface area contributed by atoms with Crippen molar-refractivity contribution >= 4 is 5.95 Å². The summed E-state index contributed by atoms with van der Waals surface area (Å²) >= 11 is 0.